The molecule has 142 valence electrons. The molecule has 0 spiro atoms. The van der Waals surface area contributed by atoms with E-state index in [9.17, 15) is 9.59 Å². The SMILES string of the molecule is CCCn1c(C)cc(C(=O)COC(=O)c2ccc3c(c2)nnn3CC)c1C. The summed E-state index contributed by atoms with van der Waals surface area (Å²) in [6.45, 7) is 9.24. The number of rotatable bonds is 7. The number of benzene rings is 1. The van der Waals surface area contributed by atoms with Crippen LogP contribution in [0.3, 0.4) is 0 Å². The minimum Gasteiger partial charge on any atom is -0.454 e. The first-order valence-corrected chi connectivity index (χ1v) is 9.16. The van der Waals surface area contributed by atoms with E-state index in [1.165, 1.54) is 0 Å². The smallest absolute Gasteiger partial charge is 0.338 e. The van der Waals surface area contributed by atoms with Gasteiger partial charge in [-0.25, -0.2) is 9.48 Å². The number of esters is 1. The molecule has 2 aromatic heterocycles. The molecule has 3 aromatic rings. The molecule has 0 N–H and O–H groups in total. The summed E-state index contributed by atoms with van der Waals surface area (Å²) < 4.78 is 9.10. The van der Waals surface area contributed by atoms with E-state index in [1.54, 1.807) is 22.9 Å². The van der Waals surface area contributed by atoms with E-state index in [0.717, 1.165) is 29.9 Å². The van der Waals surface area contributed by atoms with Crippen molar-refractivity contribution in [2.24, 2.45) is 0 Å². The molecule has 7 heteroatoms. The maximum atomic E-state index is 12.5. The van der Waals surface area contributed by atoms with Crippen LogP contribution >= 0.6 is 0 Å². The fourth-order valence-corrected chi connectivity index (χ4v) is 3.28. The van der Waals surface area contributed by atoms with E-state index >= 15 is 0 Å². The summed E-state index contributed by atoms with van der Waals surface area (Å²) in [5.74, 6) is -0.740. The summed E-state index contributed by atoms with van der Waals surface area (Å²) in [7, 11) is 0. The van der Waals surface area contributed by atoms with Gasteiger partial charge in [0.15, 0.2) is 6.61 Å². The number of aromatic nitrogens is 4. The lowest BCUT2D eigenvalue weighted by Gasteiger charge is -2.08. The van der Waals surface area contributed by atoms with Crippen LogP contribution in [-0.4, -0.2) is 37.9 Å². The van der Waals surface area contributed by atoms with Gasteiger partial charge in [0.1, 0.15) is 5.52 Å². The number of ketones is 1. The van der Waals surface area contributed by atoms with Crippen LogP contribution in [0.1, 0.15) is 52.4 Å². The first kappa shape index (κ1) is 18.8. The second-order valence-electron chi connectivity index (χ2n) is 6.54. The third kappa shape index (κ3) is 3.63. The minimum atomic E-state index is -0.543. The van der Waals surface area contributed by atoms with Gasteiger partial charge in [-0.15, -0.1) is 5.10 Å². The lowest BCUT2D eigenvalue weighted by atomic mass is 10.1. The molecule has 1 aromatic carbocycles. The van der Waals surface area contributed by atoms with Gasteiger partial charge in [0.25, 0.3) is 0 Å². The Bertz CT molecular complexity index is 1000. The Morgan fingerprint density at radius 3 is 2.63 bits per heavy atom. The summed E-state index contributed by atoms with van der Waals surface area (Å²) in [5.41, 5.74) is 4.39. The van der Waals surface area contributed by atoms with Gasteiger partial charge in [0.2, 0.25) is 5.78 Å². The van der Waals surface area contributed by atoms with Crippen molar-refractivity contribution in [3.8, 4) is 0 Å². The largest absolute Gasteiger partial charge is 0.454 e. The molecule has 0 atom stereocenters. The van der Waals surface area contributed by atoms with Crippen LogP contribution in [0.25, 0.3) is 11.0 Å². The average molecular weight is 368 g/mol. The van der Waals surface area contributed by atoms with Crippen molar-refractivity contribution < 1.29 is 14.3 Å². The fourth-order valence-electron chi connectivity index (χ4n) is 3.28. The van der Waals surface area contributed by atoms with Gasteiger partial charge in [-0.2, -0.15) is 0 Å². The number of aryl methyl sites for hydroxylation is 2. The summed E-state index contributed by atoms with van der Waals surface area (Å²) in [5, 5.41) is 8.07. The molecule has 0 aliphatic carbocycles. The fraction of sp³-hybridized carbons (Fsp3) is 0.400. The van der Waals surface area contributed by atoms with Gasteiger partial charge in [-0.1, -0.05) is 12.1 Å². The predicted octanol–water partition coefficient (Wildman–Crippen LogP) is 3.32. The standard InChI is InChI=1S/C20H24N4O3/c1-5-9-23-13(3)10-16(14(23)4)19(25)12-27-20(26)15-7-8-18-17(11-15)21-22-24(18)6-2/h7-8,10-11H,5-6,9,12H2,1-4H3. The average Bonchev–Trinajstić information content (AvgIpc) is 3.21. The van der Waals surface area contributed by atoms with Gasteiger partial charge in [-0.3, -0.25) is 4.79 Å². The van der Waals surface area contributed by atoms with E-state index in [0.29, 0.717) is 23.2 Å². The molecule has 2 heterocycles. The molecule has 0 aliphatic heterocycles. The highest BCUT2D eigenvalue weighted by Crippen LogP contribution is 2.17. The zero-order valence-corrected chi connectivity index (χ0v) is 16.2. The van der Waals surface area contributed by atoms with E-state index < -0.39 is 5.97 Å². The molecule has 0 fully saturated rings. The third-order valence-corrected chi connectivity index (χ3v) is 4.70. The van der Waals surface area contributed by atoms with Crippen LogP contribution in [-0.2, 0) is 17.8 Å². The van der Waals surface area contributed by atoms with Crippen molar-refractivity contribution in [2.45, 2.75) is 47.2 Å². The Morgan fingerprint density at radius 1 is 1.15 bits per heavy atom. The van der Waals surface area contributed by atoms with Gasteiger partial charge >= 0.3 is 5.97 Å². The highest BCUT2D eigenvalue weighted by atomic mass is 16.5. The molecule has 27 heavy (non-hydrogen) atoms. The van der Waals surface area contributed by atoms with Gasteiger partial charge in [-0.05, 0) is 51.5 Å². The first-order chi connectivity index (χ1) is 13.0. The zero-order valence-electron chi connectivity index (χ0n) is 16.2. The van der Waals surface area contributed by atoms with Crippen molar-refractivity contribution in [3.63, 3.8) is 0 Å². The summed E-state index contributed by atoms with van der Waals surface area (Å²) in [4.78, 5) is 24.8. The predicted molar refractivity (Wildman–Crippen MR) is 102 cm³/mol. The second kappa shape index (κ2) is 7.73. The number of fused-ring (bicyclic) bond motifs is 1. The number of ether oxygens (including phenoxy) is 1. The van der Waals surface area contributed by atoms with Crippen LogP contribution in [0.2, 0.25) is 0 Å². The Kier molecular flexibility index (Phi) is 5.39. The summed E-state index contributed by atoms with van der Waals surface area (Å²) >= 11 is 0. The maximum absolute atomic E-state index is 12.5. The summed E-state index contributed by atoms with van der Waals surface area (Å²) in [6.07, 6.45) is 0.990. The van der Waals surface area contributed by atoms with Crippen molar-refractivity contribution in [3.05, 3.63) is 46.8 Å². The van der Waals surface area contributed by atoms with Crippen molar-refractivity contribution in [2.75, 3.05) is 6.61 Å². The highest BCUT2D eigenvalue weighted by Gasteiger charge is 2.18. The first-order valence-electron chi connectivity index (χ1n) is 9.16. The van der Waals surface area contributed by atoms with Gasteiger partial charge in [0, 0.05) is 30.0 Å². The zero-order chi connectivity index (χ0) is 19.6. The molecule has 0 saturated heterocycles. The van der Waals surface area contributed by atoms with Crippen LogP contribution in [0.15, 0.2) is 24.3 Å². The molecule has 7 nitrogen and oxygen atoms in total. The van der Waals surface area contributed by atoms with Crippen LogP contribution < -0.4 is 0 Å². The van der Waals surface area contributed by atoms with Crippen LogP contribution in [0.5, 0.6) is 0 Å². The normalized spacial score (nSPS) is 11.1. The van der Waals surface area contributed by atoms with Crippen LogP contribution in [0, 0.1) is 13.8 Å². The highest BCUT2D eigenvalue weighted by molar-refractivity contribution is 6.01. The van der Waals surface area contributed by atoms with Gasteiger partial charge < -0.3 is 9.30 Å². The molecule has 0 aliphatic rings. The second-order valence-corrected chi connectivity index (χ2v) is 6.54. The molecular weight excluding hydrogens is 344 g/mol. The van der Waals surface area contributed by atoms with E-state index in [-0.39, 0.29) is 12.4 Å². The third-order valence-electron chi connectivity index (χ3n) is 4.70. The number of Topliss-reactive ketones (excluding diaryl/α,β-unsaturated/α-hetero) is 1. The molecule has 0 amide bonds. The number of hydrogen-bond acceptors (Lipinski definition) is 5. The Labute approximate surface area is 157 Å². The lowest BCUT2D eigenvalue weighted by molar-refractivity contribution is 0.0474. The van der Waals surface area contributed by atoms with E-state index in [2.05, 4.69) is 21.8 Å². The van der Waals surface area contributed by atoms with Crippen LogP contribution in [0.4, 0.5) is 0 Å². The monoisotopic (exact) mass is 368 g/mol. The molecule has 0 bridgehead atoms. The number of carbonyl (C=O) groups excluding carboxylic acids is 2. The number of nitrogens with zero attached hydrogens (tertiary/aromatic N) is 4. The Hall–Kier alpha value is -2.96. The quantitative estimate of drug-likeness (QED) is 0.472. The molecule has 0 unspecified atom stereocenters. The molecule has 0 saturated carbocycles. The molecule has 0 radical (unpaired) electrons. The van der Waals surface area contributed by atoms with Gasteiger partial charge in [0.05, 0.1) is 11.1 Å². The number of carbonyl (C=O) groups is 2. The van der Waals surface area contributed by atoms with Crippen molar-refractivity contribution >= 4 is 22.8 Å². The number of hydrogen-bond donors (Lipinski definition) is 0. The van der Waals surface area contributed by atoms with Crippen molar-refractivity contribution in [1.29, 1.82) is 0 Å². The molecular formula is C20H24N4O3. The van der Waals surface area contributed by atoms with Crippen molar-refractivity contribution in [1.82, 2.24) is 19.6 Å². The van der Waals surface area contributed by atoms with E-state index in [1.807, 2.05) is 26.8 Å². The molecule has 3 rings (SSSR count). The topological polar surface area (TPSA) is 79.0 Å². The minimum absolute atomic E-state index is 0.197. The summed E-state index contributed by atoms with van der Waals surface area (Å²) in [6, 6.07) is 6.94. The Morgan fingerprint density at radius 2 is 1.93 bits per heavy atom. The van der Waals surface area contributed by atoms with E-state index in [4.69, 9.17) is 4.74 Å². The maximum Gasteiger partial charge on any atom is 0.338 e. The lowest BCUT2D eigenvalue weighted by Crippen LogP contribution is -2.15. The Balaban J connectivity index is 1.70.